The first-order valence-electron chi connectivity index (χ1n) is 13.9. The van der Waals surface area contributed by atoms with Gasteiger partial charge in [-0.1, -0.05) is 60.3 Å². The smallest absolute Gasteiger partial charge is 0.467 e. The topological polar surface area (TPSA) is 122 Å². The molecule has 46 heavy (non-hydrogen) atoms. The van der Waals surface area contributed by atoms with Gasteiger partial charge in [-0.15, -0.1) is 13.2 Å². The molecule has 238 valence electrons. The van der Waals surface area contributed by atoms with Gasteiger partial charge in [0.05, 0.1) is 18.5 Å². The highest BCUT2D eigenvalue weighted by atomic mass is 32.2. The molecule has 0 radical (unpaired) electrons. The lowest BCUT2D eigenvalue weighted by Crippen LogP contribution is -2.41. The highest BCUT2D eigenvalue weighted by Crippen LogP contribution is 2.42. The molecule has 2 atom stereocenters. The van der Waals surface area contributed by atoms with E-state index in [1.54, 1.807) is 36.4 Å². The summed E-state index contributed by atoms with van der Waals surface area (Å²) in [5, 5.41) is 4.72. The first kappa shape index (κ1) is 32.2. The zero-order valence-electron chi connectivity index (χ0n) is 24.2. The van der Waals surface area contributed by atoms with E-state index in [0.29, 0.717) is 17.0 Å². The van der Waals surface area contributed by atoms with Crippen molar-refractivity contribution in [3.05, 3.63) is 114 Å². The van der Waals surface area contributed by atoms with Gasteiger partial charge in [-0.25, -0.2) is 9.79 Å². The quantitative estimate of drug-likeness (QED) is 0.190. The number of anilines is 1. The zero-order chi connectivity index (χ0) is 32.7. The molecule has 1 unspecified atom stereocenters. The standard InChI is InChI=1S/C32H27F3N4O6S/c1-20(36-31(42)44-19-21-7-3-2-4-8-21)28(40)37-23-14-12-22(13-15-23)27-29(41)39(18-26-11-6-16-43-26)30(46-27)38-24-9-5-10-25(17-24)45-32(33,34)35/h2-17,20,27H,18-19H2,1H3,(H,36,42)(H,37,40)/t20-,27?/m1/s1. The van der Waals surface area contributed by atoms with Gasteiger partial charge in [-0.05, 0) is 54.4 Å². The van der Waals surface area contributed by atoms with Crippen LogP contribution in [0.15, 0.2) is 107 Å². The van der Waals surface area contributed by atoms with Gasteiger partial charge < -0.3 is 24.5 Å². The van der Waals surface area contributed by atoms with Crippen LogP contribution in [0.2, 0.25) is 0 Å². The van der Waals surface area contributed by atoms with Crippen molar-refractivity contribution in [3.8, 4) is 5.75 Å². The number of ether oxygens (including phenoxy) is 2. The number of nitrogens with zero attached hydrogens (tertiary/aromatic N) is 2. The number of aliphatic imine (C=N–C) groups is 1. The van der Waals surface area contributed by atoms with Crippen molar-refractivity contribution in [2.75, 3.05) is 5.32 Å². The lowest BCUT2D eigenvalue weighted by Gasteiger charge is -2.16. The first-order chi connectivity index (χ1) is 22.0. The Kier molecular flexibility index (Phi) is 9.96. The van der Waals surface area contributed by atoms with Crippen molar-refractivity contribution >= 4 is 46.2 Å². The SMILES string of the molecule is C[C@@H](NC(=O)OCc1ccccc1)C(=O)Nc1ccc(C2SC(=Nc3cccc(OC(F)(F)F)c3)N(Cc3ccco3)C2=O)cc1. The normalized spacial score (nSPS) is 16.3. The molecule has 1 aliphatic heterocycles. The molecule has 2 heterocycles. The van der Waals surface area contributed by atoms with E-state index in [2.05, 4.69) is 20.4 Å². The van der Waals surface area contributed by atoms with Crippen LogP contribution in [0.5, 0.6) is 5.75 Å². The number of hydrogen-bond acceptors (Lipinski definition) is 8. The summed E-state index contributed by atoms with van der Waals surface area (Å²) in [5.41, 5.74) is 2.00. The van der Waals surface area contributed by atoms with Crippen molar-refractivity contribution in [1.29, 1.82) is 0 Å². The Bertz CT molecular complexity index is 1700. The summed E-state index contributed by atoms with van der Waals surface area (Å²) < 4.78 is 52.8. The van der Waals surface area contributed by atoms with Gasteiger partial charge in [0.25, 0.3) is 0 Å². The van der Waals surface area contributed by atoms with Gasteiger partial charge in [0, 0.05) is 11.8 Å². The number of carbonyl (C=O) groups is 3. The summed E-state index contributed by atoms with van der Waals surface area (Å²) in [7, 11) is 0. The maximum atomic E-state index is 13.6. The highest BCUT2D eigenvalue weighted by Gasteiger charge is 2.39. The van der Waals surface area contributed by atoms with E-state index in [9.17, 15) is 27.6 Å². The Morgan fingerprint density at radius 1 is 1.02 bits per heavy atom. The Morgan fingerprint density at radius 2 is 1.78 bits per heavy atom. The molecule has 3 aromatic carbocycles. The molecular formula is C32H27F3N4O6S. The van der Waals surface area contributed by atoms with Crippen molar-refractivity contribution in [2.24, 2.45) is 4.99 Å². The molecule has 0 saturated carbocycles. The molecule has 0 spiro atoms. The van der Waals surface area contributed by atoms with Crippen LogP contribution in [0.3, 0.4) is 0 Å². The Balaban J connectivity index is 1.25. The number of thioether (sulfide) groups is 1. The fourth-order valence-electron chi connectivity index (χ4n) is 4.32. The lowest BCUT2D eigenvalue weighted by atomic mass is 10.1. The second-order valence-electron chi connectivity index (χ2n) is 9.98. The van der Waals surface area contributed by atoms with Crippen LogP contribution >= 0.6 is 11.8 Å². The molecule has 4 aromatic rings. The van der Waals surface area contributed by atoms with E-state index >= 15 is 0 Å². The number of alkyl carbamates (subject to hydrolysis) is 1. The molecule has 1 saturated heterocycles. The molecule has 1 aromatic heterocycles. The molecule has 0 aliphatic carbocycles. The van der Waals surface area contributed by atoms with Crippen molar-refractivity contribution in [2.45, 2.75) is 37.7 Å². The highest BCUT2D eigenvalue weighted by molar-refractivity contribution is 8.15. The average Bonchev–Trinajstić information content (AvgIpc) is 3.64. The van der Waals surface area contributed by atoms with Crippen molar-refractivity contribution in [1.82, 2.24) is 10.2 Å². The lowest BCUT2D eigenvalue weighted by molar-refractivity contribution is -0.274. The fourth-order valence-corrected chi connectivity index (χ4v) is 5.49. The van der Waals surface area contributed by atoms with E-state index in [0.717, 1.165) is 29.5 Å². The number of alkyl halides is 3. The maximum absolute atomic E-state index is 13.6. The predicted octanol–water partition coefficient (Wildman–Crippen LogP) is 6.94. The largest absolute Gasteiger partial charge is 0.573 e. The molecule has 2 N–H and O–H groups in total. The van der Waals surface area contributed by atoms with Gasteiger partial charge in [0.2, 0.25) is 11.8 Å². The van der Waals surface area contributed by atoms with Crippen molar-refractivity contribution < 1.29 is 41.4 Å². The molecule has 10 nitrogen and oxygen atoms in total. The number of furan rings is 1. The first-order valence-corrected chi connectivity index (χ1v) is 14.7. The Hall–Kier alpha value is -5.24. The van der Waals surface area contributed by atoms with Gasteiger partial charge in [0.15, 0.2) is 5.17 Å². The molecule has 1 fully saturated rings. The minimum Gasteiger partial charge on any atom is -0.467 e. The van der Waals surface area contributed by atoms with Crippen LogP contribution in [0.1, 0.15) is 29.1 Å². The average molecular weight is 653 g/mol. The van der Waals surface area contributed by atoms with Crippen LogP contribution in [0, 0.1) is 0 Å². The summed E-state index contributed by atoms with van der Waals surface area (Å²) >= 11 is 1.12. The minimum absolute atomic E-state index is 0.0553. The summed E-state index contributed by atoms with van der Waals surface area (Å²) in [5.74, 6) is -0.747. The van der Waals surface area contributed by atoms with E-state index in [1.165, 1.54) is 30.2 Å². The van der Waals surface area contributed by atoms with E-state index in [-0.39, 0.29) is 29.9 Å². The van der Waals surface area contributed by atoms with Crippen LogP contribution in [-0.2, 0) is 27.5 Å². The van der Waals surface area contributed by atoms with Crippen LogP contribution in [0.4, 0.5) is 29.3 Å². The third-order valence-electron chi connectivity index (χ3n) is 6.54. The number of amidine groups is 1. The van der Waals surface area contributed by atoms with Crippen LogP contribution in [0.25, 0.3) is 0 Å². The summed E-state index contributed by atoms with van der Waals surface area (Å²) in [4.78, 5) is 44.2. The molecule has 0 bridgehead atoms. The molecule has 3 amide bonds. The van der Waals surface area contributed by atoms with Crippen LogP contribution in [-0.4, -0.2) is 40.4 Å². The summed E-state index contributed by atoms with van der Waals surface area (Å²) in [6.07, 6.45) is -4.14. The number of nitrogens with one attached hydrogen (secondary N) is 2. The van der Waals surface area contributed by atoms with Crippen LogP contribution < -0.4 is 15.4 Å². The molecular weight excluding hydrogens is 625 g/mol. The second-order valence-corrected chi connectivity index (χ2v) is 11.1. The predicted molar refractivity (Wildman–Crippen MR) is 164 cm³/mol. The molecule has 14 heteroatoms. The minimum atomic E-state index is -4.87. The Labute approximate surface area is 265 Å². The van der Waals surface area contributed by atoms with Gasteiger partial charge in [-0.2, -0.15) is 0 Å². The number of benzene rings is 3. The summed E-state index contributed by atoms with van der Waals surface area (Å²) in [6, 6.07) is 23.3. The summed E-state index contributed by atoms with van der Waals surface area (Å²) in [6.45, 7) is 1.63. The Morgan fingerprint density at radius 3 is 2.48 bits per heavy atom. The zero-order valence-corrected chi connectivity index (χ0v) is 25.0. The number of carbonyl (C=O) groups excluding carboxylic acids is 3. The third kappa shape index (κ3) is 8.69. The van der Waals surface area contributed by atoms with Gasteiger partial charge in [-0.3, -0.25) is 14.5 Å². The maximum Gasteiger partial charge on any atom is 0.573 e. The fraction of sp³-hybridized carbons (Fsp3) is 0.188. The van der Waals surface area contributed by atoms with E-state index in [4.69, 9.17) is 9.15 Å². The number of hydrogen-bond donors (Lipinski definition) is 2. The number of rotatable bonds is 10. The molecule has 1 aliphatic rings. The third-order valence-corrected chi connectivity index (χ3v) is 7.77. The van der Waals surface area contributed by atoms with E-state index in [1.807, 2.05) is 30.3 Å². The van der Waals surface area contributed by atoms with Gasteiger partial charge in [0.1, 0.15) is 29.4 Å². The monoisotopic (exact) mass is 652 g/mol. The van der Waals surface area contributed by atoms with Crippen molar-refractivity contribution in [3.63, 3.8) is 0 Å². The van der Waals surface area contributed by atoms with E-state index < -0.39 is 35.4 Å². The second kappa shape index (κ2) is 14.2. The number of halogens is 3. The number of amides is 3. The molecule has 5 rings (SSSR count). The van der Waals surface area contributed by atoms with Gasteiger partial charge >= 0.3 is 12.5 Å².